The zero-order valence-electron chi connectivity index (χ0n) is 10.6. The van der Waals surface area contributed by atoms with E-state index in [0.717, 1.165) is 4.88 Å². The maximum atomic E-state index is 13.4. The molecule has 4 nitrogen and oxygen atoms in total. The summed E-state index contributed by atoms with van der Waals surface area (Å²) in [5, 5.41) is -0.323. The van der Waals surface area contributed by atoms with E-state index in [1.54, 1.807) is 20.0 Å². The van der Waals surface area contributed by atoms with E-state index >= 15 is 0 Å². The van der Waals surface area contributed by atoms with Crippen molar-refractivity contribution in [1.82, 2.24) is 9.38 Å². The Hall–Kier alpha value is -0.950. The van der Waals surface area contributed by atoms with E-state index in [0.29, 0.717) is 10.7 Å². The molecular weight excluding hydrogens is 275 g/mol. The number of halogens is 1. The van der Waals surface area contributed by atoms with Gasteiger partial charge in [0.05, 0.1) is 5.69 Å². The van der Waals surface area contributed by atoms with Crippen LogP contribution in [0, 0.1) is 0 Å². The Labute approximate surface area is 110 Å². The molecule has 0 unspecified atom stereocenters. The average Bonchev–Trinajstić information content (AvgIpc) is 2.69. The van der Waals surface area contributed by atoms with Gasteiger partial charge in [0.1, 0.15) is 0 Å². The number of imidazole rings is 1. The van der Waals surface area contributed by atoms with E-state index in [1.807, 2.05) is 13.8 Å². The van der Waals surface area contributed by atoms with Gasteiger partial charge in [-0.1, -0.05) is 31.6 Å². The molecule has 100 valence electrons. The van der Waals surface area contributed by atoms with Gasteiger partial charge in [0.2, 0.25) is 0 Å². The van der Waals surface area contributed by atoms with Gasteiger partial charge in [0, 0.05) is 11.1 Å². The molecule has 0 aliphatic rings. The molecule has 0 radical (unpaired) electrons. The number of aromatic nitrogens is 2. The number of hydrogen-bond acceptors (Lipinski definition) is 4. The second kappa shape index (κ2) is 4.31. The third-order valence-electron chi connectivity index (χ3n) is 2.67. The molecule has 0 aliphatic carbocycles. The van der Waals surface area contributed by atoms with E-state index in [-0.39, 0.29) is 16.9 Å². The predicted molar refractivity (Wildman–Crippen MR) is 69.5 cm³/mol. The molecule has 0 atom stereocenters. The van der Waals surface area contributed by atoms with Crippen LogP contribution in [0.5, 0.6) is 0 Å². The Morgan fingerprint density at radius 3 is 2.33 bits per heavy atom. The third kappa shape index (κ3) is 2.16. The van der Waals surface area contributed by atoms with Crippen LogP contribution in [0.4, 0.5) is 3.89 Å². The highest BCUT2D eigenvalue weighted by atomic mass is 32.3. The zero-order chi connectivity index (χ0) is 13.7. The molecule has 0 saturated carbocycles. The SMILES string of the molecule is CC(C)c1cn2c(S(=O)(=O)F)c(C(C)C)nc2s1. The van der Waals surface area contributed by atoms with E-state index in [4.69, 9.17) is 0 Å². The van der Waals surface area contributed by atoms with Gasteiger partial charge >= 0.3 is 10.2 Å². The zero-order valence-corrected chi connectivity index (χ0v) is 12.3. The molecule has 0 aromatic carbocycles. The molecule has 2 aromatic heterocycles. The molecule has 0 amide bonds. The van der Waals surface area contributed by atoms with Gasteiger partial charge in [-0.25, -0.2) is 4.98 Å². The van der Waals surface area contributed by atoms with Crippen LogP contribution in [0.25, 0.3) is 4.96 Å². The monoisotopic (exact) mass is 290 g/mol. The van der Waals surface area contributed by atoms with Crippen LogP contribution in [0.2, 0.25) is 0 Å². The van der Waals surface area contributed by atoms with Gasteiger partial charge in [0.25, 0.3) is 0 Å². The largest absolute Gasteiger partial charge is 0.350 e. The van der Waals surface area contributed by atoms with Crippen LogP contribution in [0.15, 0.2) is 11.2 Å². The Morgan fingerprint density at radius 1 is 1.28 bits per heavy atom. The maximum absolute atomic E-state index is 13.4. The smallest absolute Gasteiger partial charge is 0.278 e. The first-order chi connectivity index (χ1) is 8.21. The molecule has 2 rings (SSSR count). The molecule has 0 spiro atoms. The summed E-state index contributed by atoms with van der Waals surface area (Å²) in [5.74, 6) is 0.120. The van der Waals surface area contributed by atoms with E-state index in [2.05, 4.69) is 4.98 Å². The molecule has 0 fully saturated rings. The summed E-state index contributed by atoms with van der Waals surface area (Å²) in [4.78, 5) is 5.75. The summed E-state index contributed by atoms with van der Waals surface area (Å²) < 4.78 is 37.4. The van der Waals surface area contributed by atoms with Crippen molar-refractivity contribution in [1.29, 1.82) is 0 Å². The van der Waals surface area contributed by atoms with Gasteiger partial charge in [-0.2, -0.15) is 8.42 Å². The van der Waals surface area contributed by atoms with Crippen molar-refractivity contribution in [3.8, 4) is 0 Å². The lowest BCUT2D eigenvalue weighted by Gasteiger charge is -2.03. The summed E-state index contributed by atoms with van der Waals surface area (Å²) in [5.41, 5.74) is 0.291. The summed E-state index contributed by atoms with van der Waals surface area (Å²) >= 11 is 1.39. The lowest BCUT2D eigenvalue weighted by atomic mass is 10.1. The molecule has 0 saturated heterocycles. The maximum Gasteiger partial charge on any atom is 0.350 e. The topological polar surface area (TPSA) is 51.4 Å². The fraction of sp³-hybridized carbons (Fsp3) is 0.545. The van der Waals surface area contributed by atoms with Gasteiger partial charge in [0.15, 0.2) is 9.99 Å². The Morgan fingerprint density at radius 2 is 1.89 bits per heavy atom. The first kappa shape index (κ1) is 13.5. The third-order valence-corrected chi connectivity index (χ3v) is 4.82. The molecule has 2 aromatic rings. The quantitative estimate of drug-likeness (QED) is 0.815. The van der Waals surface area contributed by atoms with Crippen molar-refractivity contribution >= 4 is 26.5 Å². The van der Waals surface area contributed by atoms with E-state index in [9.17, 15) is 12.3 Å². The summed E-state index contributed by atoms with van der Waals surface area (Å²) in [6, 6.07) is 0. The van der Waals surface area contributed by atoms with Crippen LogP contribution in [-0.4, -0.2) is 17.8 Å². The number of hydrogen-bond donors (Lipinski definition) is 0. The van der Waals surface area contributed by atoms with Crippen LogP contribution < -0.4 is 0 Å². The van der Waals surface area contributed by atoms with Gasteiger partial charge in [-0.05, 0) is 11.8 Å². The minimum Gasteiger partial charge on any atom is -0.278 e. The van der Waals surface area contributed by atoms with Crippen molar-refractivity contribution in [2.24, 2.45) is 0 Å². The molecule has 18 heavy (non-hydrogen) atoms. The molecule has 2 heterocycles. The van der Waals surface area contributed by atoms with Gasteiger partial charge < -0.3 is 0 Å². The first-order valence-corrected chi connectivity index (χ1v) is 7.88. The van der Waals surface area contributed by atoms with Crippen LogP contribution >= 0.6 is 11.3 Å². The fourth-order valence-electron chi connectivity index (χ4n) is 1.75. The second-order valence-corrected chi connectivity index (χ2v) is 7.14. The van der Waals surface area contributed by atoms with Crippen molar-refractivity contribution in [3.05, 3.63) is 16.8 Å². The summed E-state index contributed by atoms with van der Waals surface area (Å²) in [6.45, 7) is 7.59. The fourth-order valence-corrected chi connectivity index (χ4v) is 3.70. The number of rotatable bonds is 3. The first-order valence-electron chi connectivity index (χ1n) is 5.68. The lowest BCUT2D eigenvalue weighted by molar-refractivity contribution is 0.543. The predicted octanol–water partition coefficient (Wildman–Crippen LogP) is 3.30. The summed E-state index contributed by atoms with van der Waals surface area (Å²) in [6.07, 6.45) is 1.66. The standard InChI is InChI=1S/C11H15FN2O2S2/c1-6(2)8-5-14-10(18(12,15)16)9(7(3)4)13-11(14)17-8/h5-7H,1-4H3. The Balaban J connectivity index is 2.79. The number of thiazole rings is 1. The van der Waals surface area contributed by atoms with E-state index in [1.165, 1.54) is 15.7 Å². The van der Waals surface area contributed by atoms with Crippen LogP contribution in [0.1, 0.15) is 50.1 Å². The normalized spacial score (nSPS) is 13.1. The lowest BCUT2D eigenvalue weighted by Crippen LogP contribution is -2.02. The van der Waals surface area contributed by atoms with Crippen molar-refractivity contribution in [2.75, 3.05) is 0 Å². The minimum atomic E-state index is -4.77. The second-order valence-electron chi connectivity index (χ2n) is 4.84. The van der Waals surface area contributed by atoms with Gasteiger partial charge in [-0.15, -0.1) is 11.3 Å². The van der Waals surface area contributed by atoms with Crippen molar-refractivity contribution in [3.63, 3.8) is 0 Å². The highest BCUT2D eigenvalue weighted by Crippen LogP contribution is 2.32. The van der Waals surface area contributed by atoms with Gasteiger partial charge in [-0.3, -0.25) is 4.40 Å². The van der Waals surface area contributed by atoms with E-state index < -0.39 is 10.2 Å². The molecule has 0 aliphatic heterocycles. The van der Waals surface area contributed by atoms with Crippen molar-refractivity contribution in [2.45, 2.75) is 44.6 Å². The number of nitrogens with zero attached hydrogens (tertiary/aromatic N) is 2. The Bertz CT molecular complexity index is 683. The number of fused-ring (bicyclic) bond motifs is 1. The highest BCUT2D eigenvalue weighted by molar-refractivity contribution is 7.86. The molecule has 7 heteroatoms. The van der Waals surface area contributed by atoms with Crippen LogP contribution in [-0.2, 0) is 10.2 Å². The molecule has 0 N–H and O–H groups in total. The molecular formula is C11H15FN2O2S2. The van der Waals surface area contributed by atoms with Crippen LogP contribution in [0.3, 0.4) is 0 Å². The average molecular weight is 290 g/mol. The summed E-state index contributed by atoms with van der Waals surface area (Å²) in [7, 11) is -4.77. The molecule has 0 bridgehead atoms. The highest BCUT2D eigenvalue weighted by Gasteiger charge is 2.27. The van der Waals surface area contributed by atoms with Crippen molar-refractivity contribution < 1.29 is 12.3 Å². The Kier molecular flexibility index (Phi) is 3.23. The minimum absolute atomic E-state index is 0.139.